The molecule has 2 heterocycles. The number of amides is 1. The van der Waals surface area contributed by atoms with Crippen LogP contribution in [0.25, 0.3) is 0 Å². The van der Waals surface area contributed by atoms with Crippen molar-refractivity contribution in [3.8, 4) is 0 Å². The largest absolute Gasteiger partial charge is 0.336 e. The summed E-state index contributed by atoms with van der Waals surface area (Å²) in [5.74, 6) is 0.270. The maximum atomic E-state index is 12.7. The highest BCUT2D eigenvalue weighted by Gasteiger charge is 2.29. The second-order valence-corrected chi connectivity index (χ2v) is 8.36. The molecule has 126 valence electrons. The highest BCUT2D eigenvalue weighted by molar-refractivity contribution is 7.93. The summed E-state index contributed by atoms with van der Waals surface area (Å²) in [6.07, 6.45) is 4.97. The van der Waals surface area contributed by atoms with Crippen LogP contribution in [-0.4, -0.2) is 44.1 Å². The molecule has 2 fully saturated rings. The standard InChI is InChI=1S/C17H24N2O3S/c1-2-15-6-3-4-11-18(15)17(20)14-7-9-16(10-8-14)19-12-5-13-23(19,21)22/h7-10,15H,2-6,11-13H2,1H3/t15-/m0/s1. The van der Waals surface area contributed by atoms with Crippen LogP contribution in [0.4, 0.5) is 5.69 Å². The molecule has 0 unspecified atom stereocenters. The van der Waals surface area contributed by atoms with E-state index < -0.39 is 10.0 Å². The molecule has 0 N–H and O–H groups in total. The van der Waals surface area contributed by atoms with Crippen molar-refractivity contribution in [2.45, 2.75) is 45.1 Å². The molecule has 1 atom stereocenters. The highest BCUT2D eigenvalue weighted by Crippen LogP contribution is 2.26. The van der Waals surface area contributed by atoms with Crippen molar-refractivity contribution in [3.05, 3.63) is 29.8 Å². The van der Waals surface area contributed by atoms with Crippen LogP contribution in [0.5, 0.6) is 0 Å². The number of sulfonamides is 1. The molecule has 1 aromatic rings. The number of nitrogens with zero attached hydrogens (tertiary/aromatic N) is 2. The van der Waals surface area contributed by atoms with Crippen molar-refractivity contribution in [2.75, 3.05) is 23.1 Å². The van der Waals surface area contributed by atoms with E-state index >= 15 is 0 Å². The fraction of sp³-hybridized carbons (Fsp3) is 0.588. The first-order chi connectivity index (χ1) is 11.0. The normalized spacial score (nSPS) is 24.0. The maximum Gasteiger partial charge on any atom is 0.254 e. The van der Waals surface area contributed by atoms with Gasteiger partial charge in [0.2, 0.25) is 10.0 Å². The molecule has 0 aliphatic carbocycles. The molecule has 0 aromatic heterocycles. The van der Waals surface area contributed by atoms with Gasteiger partial charge in [0, 0.05) is 24.7 Å². The Morgan fingerprint density at radius 1 is 1.13 bits per heavy atom. The second kappa shape index (κ2) is 6.51. The molecular formula is C17H24N2O3S. The zero-order valence-corrected chi connectivity index (χ0v) is 14.4. The SMILES string of the molecule is CC[C@H]1CCCCN1C(=O)c1ccc(N2CCCS2(=O)=O)cc1. The topological polar surface area (TPSA) is 57.7 Å². The van der Waals surface area contributed by atoms with Crippen LogP contribution in [0.3, 0.4) is 0 Å². The van der Waals surface area contributed by atoms with Crippen molar-refractivity contribution >= 4 is 21.6 Å². The number of hydrogen-bond acceptors (Lipinski definition) is 3. The molecule has 0 radical (unpaired) electrons. The van der Waals surface area contributed by atoms with Crippen LogP contribution in [-0.2, 0) is 10.0 Å². The highest BCUT2D eigenvalue weighted by atomic mass is 32.2. The summed E-state index contributed by atoms with van der Waals surface area (Å²) in [6.45, 7) is 3.47. The third-order valence-electron chi connectivity index (χ3n) is 4.86. The van der Waals surface area contributed by atoms with Gasteiger partial charge in [-0.25, -0.2) is 8.42 Å². The molecule has 2 aliphatic rings. The lowest BCUT2D eigenvalue weighted by atomic mass is 9.99. The third kappa shape index (κ3) is 3.22. The molecule has 6 heteroatoms. The van der Waals surface area contributed by atoms with Gasteiger partial charge in [0.05, 0.1) is 11.4 Å². The molecule has 1 aromatic carbocycles. The van der Waals surface area contributed by atoms with Gasteiger partial charge in [0.25, 0.3) is 5.91 Å². The van der Waals surface area contributed by atoms with Gasteiger partial charge in [-0.1, -0.05) is 6.92 Å². The number of carbonyl (C=O) groups is 1. The van der Waals surface area contributed by atoms with Crippen LogP contribution >= 0.6 is 0 Å². The zero-order valence-electron chi connectivity index (χ0n) is 13.6. The Labute approximate surface area is 138 Å². The summed E-state index contributed by atoms with van der Waals surface area (Å²) < 4.78 is 25.4. The van der Waals surface area contributed by atoms with Gasteiger partial charge >= 0.3 is 0 Å². The number of carbonyl (C=O) groups excluding carboxylic acids is 1. The fourth-order valence-electron chi connectivity index (χ4n) is 3.56. The first-order valence-electron chi connectivity index (χ1n) is 8.44. The van der Waals surface area contributed by atoms with Crippen molar-refractivity contribution in [1.29, 1.82) is 0 Å². The van der Waals surface area contributed by atoms with Gasteiger partial charge in [0.15, 0.2) is 0 Å². The number of hydrogen-bond donors (Lipinski definition) is 0. The van der Waals surface area contributed by atoms with E-state index in [-0.39, 0.29) is 11.7 Å². The summed E-state index contributed by atoms with van der Waals surface area (Å²) >= 11 is 0. The van der Waals surface area contributed by atoms with Gasteiger partial charge in [0.1, 0.15) is 0 Å². The summed E-state index contributed by atoms with van der Waals surface area (Å²) in [5, 5.41) is 0. The number of rotatable bonds is 3. The molecule has 0 bridgehead atoms. The Kier molecular flexibility index (Phi) is 4.62. The minimum atomic E-state index is -3.17. The average Bonchev–Trinajstić information content (AvgIpc) is 2.93. The van der Waals surface area contributed by atoms with Crippen molar-refractivity contribution in [1.82, 2.24) is 4.90 Å². The molecule has 3 rings (SSSR count). The van der Waals surface area contributed by atoms with Gasteiger partial charge in [-0.2, -0.15) is 0 Å². The molecular weight excluding hydrogens is 312 g/mol. The van der Waals surface area contributed by atoms with Crippen molar-refractivity contribution < 1.29 is 13.2 Å². The molecule has 5 nitrogen and oxygen atoms in total. The smallest absolute Gasteiger partial charge is 0.254 e. The number of piperidine rings is 1. The Bertz CT molecular complexity index is 670. The predicted octanol–water partition coefficient (Wildman–Crippen LogP) is 2.63. The second-order valence-electron chi connectivity index (χ2n) is 6.34. The molecule has 23 heavy (non-hydrogen) atoms. The van der Waals surface area contributed by atoms with Crippen LogP contribution in [0.1, 0.15) is 49.4 Å². The van der Waals surface area contributed by atoms with E-state index in [0.717, 1.165) is 25.8 Å². The number of likely N-dealkylation sites (tertiary alicyclic amines) is 1. The first-order valence-corrected chi connectivity index (χ1v) is 10.1. The Hall–Kier alpha value is -1.56. The number of anilines is 1. The van der Waals surface area contributed by atoms with Crippen molar-refractivity contribution in [3.63, 3.8) is 0 Å². The van der Waals surface area contributed by atoms with Gasteiger partial charge in [-0.05, 0) is 56.4 Å². The van der Waals surface area contributed by atoms with E-state index in [1.807, 2.05) is 4.90 Å². The Morgan fingerprint density at radius 3 is 2.48 bits per heavy atom. The Morgan fingerprint density at radius 2 is 1.87 bits per heavy atom. The van der Waals surface area contributed by atoms with E-state index in [1.54, 1.807) is 24.3 Å². The number of benzene rings is 1. The summed E-state index contributed by atoms with van der Waals surface area (Å²) in [7, 11) is -3.17. The maximum absolute atomic E-state index is 12.7. The average molecular weight is 336 g/mol. The third-order valence-corrected chi connectivity index (χ3v) is 6.73. The monoisotopic (exact) mass is 336 g/mol. The fourth-order valence-corrected chi connectivity index (χ4v) is 5.12. The zero-order chi connectivity index (χ0) is 16.4. The summed E-state index contributed by atoms with van der Waals surface area (Å²) in [5.41, 5.74) is 1.30. The molecule has 0 saturated carbocycles. The lowest BCUT2D eigenvalue weighted by molar-refractivity contribution is 0.0608. The summed E-state index contributed by atoms with van der Waals surface area (Å²) in [4.78, 5) is 14.7. The van der Waals surface area contributed by atoms with Crippen LogP contribution < -0.4 is 4.31 Å². The van der Waals surface area contributed by atoms with Crippen molar-refractivity contribution in [2.24, 2.45) is 0 Å². The minimum absolute atomic E-state index is 0.0624. The van der Waals surface area contributed by atoms with Crippen LogP contribution in [0, 0.1) is 0 Å². The summed E-state index contributed by atoms with van der Waals surface area (Å²) in [6, 6.07) is 7.34. The van der Waals surface area contributed by atoms with Gasteiger partial charge in [-0.15, -0.1) is 0 Å². The lowest BCUT2D eigenvalue weighted by Crippen LogP contribution is -2.43. The minimum Gasteiger partial charge on any atom is -0.336 e. The van der Waals surface area contributed by atoms with E-state index in [4.69, 9.17) is 0 Å². The molecule has 2 aliphatic heterocycles. The van der Waals surface area contributed by atoms with E-state index in [2.05, 4.69) is 6.92 Å². The molecule has 2 saturated heterocycles. The first kappa shape index (κ1) is 16.3. The molecule has 0 spiro atoms. The predicted molar refractivity (Wildman–Crippen MR) is 91.2 cm³/mol. The van der Waals surface area contributed by atoms with E-state index in [1.165, 1.54) is 10.7 Å². The molecule has 1 amide bonds. The van der Waals surface area contributed by atoms with Crippen LogP contribution in [0.15, 0.2) is 24.3 Å². The van der Waals surface area contributed by atoms with E-state index in [0.29, 0.717) is 30.3 Å². The van der Waals surface area contributed by atoms with Gasteiger partial charge in [-0.3, -0.25) is 9.10 Å². The Balaban J connectivity index is 1.78. The van der Waals surface area contributed by atoms with Crippen LogP contribution in [0.2, 0.25) is 0 Å². The quantitative estimate of drug-likeness (QED) is 0.852. The van der Waals surface area contributed by atoms with E-state index in [9.17, 15) is 13.2 Å². The lowest BCUT2D eigenvalue weighted by Gasteiger charge is -2.35. The van der Waals surface area contributed by atoms with Gasteiger partial charge < -0.3 is 4.90 Å².